The summed E-state index contributed by atoms with van der Waals surface area (Å²) >= 11 is 17.8. The average molecular weight is 508 g/mol. The van der Waals surface area contributed by atoms with Crippen LogP contribution in [0.3, 0.4) is 0 Å². The van der Waals surface area contributed by atoms with Gasteiger partial charge in [0, 0.05) is 10.0 Å². The first-order valence-corrected chi connectivity index (χ1v) is 11.3. The lowest BCUT2D eigenvalue weighted by Gasteiger charge is -2.29. The summed E-state index contributed by atoms with van der Waals surface area (Å²) in [6, 6.07) is 11.2. The molecule has 0 unspecified atom stereocenters. The third-order valence-corrected chi connectivity index (χ3v) is 6.84. The van der Waals surface area contributed by atoms with E-state index in [1.165, 1.54) is 11.0 Å². The van der Waals surface area contributed by atoms with Crippen molar-refractivity contribution in [2.75, 3.05) is 18.1 Å². The molecule has 4 atom stereocenters. The Bertz CT molecular complexity index is 1190. The molecule has 0 saturated carbocycles. The Labute approximate surface area is 204 Å². The van der Waals surface area contributed by atoms with Crippen molar-refractivity contribution >= 4 is 58.2 Å². The molecule has 3 aliphatic rings. The second kappa shape index (κ2) is 8.33. The topological polar surface area (TPSA) is 84.9 Å². The summed E-state index contributed by atoms with van der Waals surface area (Å²) in [5, 5.41) is 3.99. The Morgan fingerprint density at radius 1 is 1.06 bits per heavy atom. The summed E-state index contributed by atoms with van der Waals surface area (Å²) in [5.41, 5.74) is -0.646. The summed E-state index contributed by atoms with van der Waals surface area (Å²) in [6.07, 6.45) is 3.00. The minimum atomic E-state index is -1.10. The number of hydrogen-bond donors (Lipinski definition) is 1. The predicted molar refractivity (Wildman–Crippen MR) is 123 cm³/mol. The highest BCUT2D eigenvalue weighted by atomic mass is 35.5. The van der Waals surface area contributed by atoms with Crippen molar-refractivity contribution in [3.05, 3.63) is 69.7 Å². The van der Waals surface area contributed by atoms with E-state index in [9.17, 15) is 14.4 Å². The van der Waals surface area contributed by atoms with Gasteiger partial charge in [0.1, 0.15) is 11.4 Å². The van der Waals surface area contributed by atoms with Crippen LogP contribution in [0.25, 0.3) is 0 Å². The van der Waals surface area contributed by atoms with Crippen LogP contribution in [0.1, 0.15) is 0 Å². The van der Waals surface area contributed by atoms with Crippen molar-refractivity contribution in [3.8, 4) is 5.75 Å². The normalized spacial score (nSPS) is 27.2. The molecule has 3 amide bonds. The van der Waals surface area contributed by atoms with Gasteiger partial charge in [0.2, 0.25) is 11.8 Å². The van der Waals surface area contributed by atoms with E-state index in [1.807, 2.05) is 0 Å². The quantitative estimate of drug-likeness (QED) is 0.477. The molecule has 2 aromatic rings. The number of ether oxygens (including phenoxy) is 2. The number of nitrogens with zero attached hydrogens (tertiary/aromatic N) is 1. The van der Waals surface area contributed by atoms with Gasteiger partial charge >= 0.3 is 0 Å². The fraction of sp³-hybridized carbons (Fsp3) is 0.261. The van der Waals surface area contributed by atoms with Crippen LogP contribution in [-0.2, 0) is 19.1 Å². The monoisotopic (exact) mass is 506 g/mol. The van der Waals surface area contributed by atoms with E-state index in [2.05, 4.69) is 5.32 Å². The molecule has 1 N–H and O–H groups in total. The van der Waals surface area contributed by atoms with Gasteiger partial charge in [0.15, 0.2) is 6.61 Å². The van der Waals surface area contributed by atoms with Gasteiger partial charge in [-0.05, 0) is 42.5 Å². The third-order valence-electron chi connectivity index (χ3n) is 6.05. The van der Waals surface area contributed by atoms with Crippen LogP contribution >= 0.6 is 34.8 Å². The lowest BCUT2D eigenvalue weighted by Crippen LogP contribution is -2.49. The maximum Gasteiger partial charge on any atom is 0.258 e. The molecule has 7 nitrogen and oxygen atoms in total. The molecule has 0 spiro atoms. The highest BCUT2D eigenvalue weighted by Gasteiger charge is 2.67. The molecule has 10 heteroatoms. The SMILES string of the molecule is O=C(COc1ccc(Cl)cc1Cl)NC[C@@]12C=C[C@@H](O1)[C@@H]1C(=O)N(c3ccc(Cl)cc3)C(=O)[C@H]12. The highest BCUT2D eigenvalue weighted by molar-refractivity contribution is 6.35. The van der Waals surface area contributed by atoms with Gasteiger partial charge in [-0.1, -0.05) is 47.0 Å². The van der Waals surface area contributed by atoms with Crippen LogP contribution in [0.4, 0.5) is 5.69 Å². The van der Waals surface area contributed by atoms with Gasteiger partial charge in [-0.2, -0.15) is 0 Å². The Hall–Kier alpha value is -2.58. The van der Waals surface area contributed by atoms with Crippen LogP contribution in [0.2, 0.25) is 15.1 Å². The number of benzene rings is 2. The van der Waals surface area contributed by atoms with Crippen molar-refractivity contribution in [3.63, 3.8) is 0 Å². The van der Waals surface area contributed by atoms with E-state index in [4.69, 9.17) is 44.3 Å². The van der Waals surface area contributed by atoms with Crippen LogP contribution in [0.15, 0.2) is 54.6 Å². The molecule has 2 aromatic carbocycles. The lowest BCUT2D eigenvalue weighted by molar-refractivity contribution is -0.129. The molecule has 0 radical (unpaired) electrons. The zero-order valence-corrected chi connectivity index (χ0v) is 19.2. The predicted octanol–water partition coefficient (Wildman–Crippen LogP) is 3.66. The van der Waals surface area contributed by atoms with E-state index in [1.54, 1.807) is 48.6 Å². The summed E-state index contributed by atoms with van der Waals surface area (Å²) in [4.78, 5) is 40.0. The number of amides is 3. The maximum atomic E-state index is 13.3. The molecule has 170 valence electrons. The lowest BCUT2D eigenvalue weighted by atomic mass is 9.77. The second-order valence-corrected chi connectivity index (χ2v) is 9.31. The number of hydrogen-bond acceptors (Lipinski definition) is 5. The number of carbonyl (C=O) groups is 3. The van der Waals surface area contributed by atoms with E-state index in [-0.39, 0.29) is 30.0 Å². The van der Waals surface area contributed by atoms with Crippen LogP contribution in [0.5, 0.6) is 5.75 Å². The minimum absolute atomic E-state index is 0.0190. The van der Waals surface area contributed by atoms with Crippen LogP contribution in [0, 0.1) is 11.8 Å². The maximum absolute atomic E-state index is 13.3. The first kappa shape index (κ1) is 22.2. The summed E-state index contributed by atoms with van der Waals surface area (Å²) in [7, 11) is 0. The molecule has 5 rings (SSSR count). The summed E-state index contributed by atoms with van der Waals surface area (Å²) in [6.45, 7) is -0.270. The van der Waals surface area contributed by atoms with E-state index in [0.717, 1.165) is 0 Å². The largest absolute Gasteiger partial charge is 0.482 e. The molecular formula is C23H17Cl3N2O5. The molecule has 3 heterocycles. The number of carbonyl (C=O) groups excluding carboxylic acids is 3. The smallest absolute Gasteiger partial charge is 0.258 e. The Morgan fingerprint density at radius 3 is 2.52 bits per heavy atom. The zero-order chi connectivity index (χ0) is 23.3. The first-order chi connectivity index (χ1) is 15.8. The number of fused-ring (bicyclic) bond motifs is 5. The molecule has 2 saturated heterocycles. The van der Waals surface area contributed by atoms with Crippen molar-refractivity contribution in [1.82, 2.24) is 5.32 Å². The molecule has 0 aliphatic carbocycles. The van der Waals surface area contributed by atoms with Crippen molar-refractivity contribution < 1.29 is 23.9 Å². The fourth-order valence-corrected chi connectivity index (χ4v) is 5.16. The summed E-state index contributed by atoms with van der Waals surface area (Å²) in [5.74, 6) is -2.16. The number of rotatable bonds is 6. The molecule has 3 aliphatic heterocycles. The van der Waals surface area contributed by atoms with Gasteiger partial charge < -0.3 is 14.8 Å². The Morgan fingerprint density at radius 2 is 1.79 bits per heavy atom. The molecule has 2 bridgehead atoms. The van der Waals surface area contributed by atoms with Gasteiger partial charge in [-0.15, -0.1) is 0 Å². The summed E-state index contributed by atoms with van der Waals surface area (Å²) < 4.78 is 11.5. The minimum Gasteiger partial charge on any atom is -0.482 e. The van der Waals surface area contributed by atoms with Crippen molar-refractivity contribution in [2.45, 2.75) is 11.7 Å². The second-order valence-electron chi connectivity index (χ2n) is 8.03. The van der Waals surface area contributed by atoms with Crippen LogP contribution in [-0.4, -0.2) is 42.6 Å². The first-order valence-electron chi connectivity index (χ1n) is 10.1. The molecule has 2 fully saturated rings. The van der Waals surface area contributed by atoms with Gasteiger partial charge in [0.25, 0.3) is 5.91 Å². The molecule has 0 aromatic heterocycles. The Kier molecular flexibility index (Phi) is 5.61. The van der Waals surface area contributed by atoms with Gasteiger partial charge in [-0.3, -0.25) is 14.4 Å². The third kappa shape index (κ3) is 3.79. The van der Waals surface area contributed by atoms with Crippen molar-refractivity contribution in [2.24, 2.45) is 11.8 Å². The highest BCUT2D eigenvalue weighted by Crippen LogP contribution is 2.52. The molecule has 33 heavy (non-hydrogen) atoms. The zero-order valence-electron chi connectivity index (χ0n) is 17.0. The van der Waals surface area contributed by atoms with Gasteiger partial charge in [0.05, 0.1) is 35.2 Å². The number of nitrogens with one attached hydrogen (secondary N) is 1. The standard InChI is InChI=1S/C23H17Cl3N2O5/c24-12-1-4-14(5-2-12)28-21(30)19-17-7-8-23(33-17,20(19)22(28)31)11-27-18(29)10-32-16-6-3-13(25)9-15(16)26/h1-9,17,19-20H,10-11H2,(H,27,29)/t17-,19+,20+,23-/m1/s1. The average Bonchev–Trinajstić information content (AvgIpc) is 3.43. The van der Waals surface area contributed by atoms with E-state index in [0.29, 0.717) is 21.5 Å². The Balaban J connectivity index is 1.27. The van der Waals surface area contributed by atoms with Gasteiger partial charge in [-0.25, -0.2) is 4.90 Å². The van der Waals surface area contributed by atoms with E-state index >= 15 is 0 Å². The number of halogens is 3. The number of anilines is 1. The van der Waals surface area contributed by atoms with Crippen LogP contribution < -0.4 is 15.0 Å². The number of imide groups is 1. The van der Waals surface area contributed by atoms with E-state index < -0.39 is 29.4 Å². The molecular weight excluding hydrogens is 491 g/mol. The fourth-order valence-electron chi connectivity index (χ4n) is 4.57. The van der Waals surface area contributed by atoms with Crippen molar-refractivity contribution in [1.29, 1.82) is 0 Å².